The van der Waals surface area contributed by atoms with Crippen LogP contribution in [-0.4, -0.2) is 12.2 Å². The number of halogens is 2. The largest absolute Gasteiger partial charge is 0.506 e. The zero-order valence-electron chi connectivity index (χ0n) is 10.3. The van der Waals surface area contributed by atoms with E-state index in [2.05, 4.69) is 5.32 Å². The van der Waals surface area contributed by atoms with Crippen LogP contribution >= 0.6 is 23.2 Å². The Hall–Kier alpha value is -1.58. The fraction of sp³-hybridized carbons (Fsp3) is 0.143. The van der Waals surface area contributed by atoms with E-state index in [-0.39, 0.29) is 5.75 Å². The molecule has 0 saturated heterocycles. The molecular formula is C14H13Cl2NO2. The lowest BCUT2D eigenvalue weighted by Gasteiger charge is -2.11. The maximum absolute atomic E-state index is 9.80. The Bertz CT molecular complexity index is 588. The lowest BCUT2D eigenvalue weighted by Crippen LogP contribution is -2.00. The predicted molar refractivity (Wildman–Crippen MR) is 78.4 cm³/mol. The quantitative estimate of drug-likeness (QED) is 0.883. The Morgan fingerprint density at radius 3 is 2.68 bits per heavy atom. The Balaban J connectivity index is 2.12. The summed E-state index contributed by atoms with van der Waals surface area (Å²) in [6.45, 7) is 0.456. The van der Waals surface area contributed by atoms with Gasteiger partial charge in [-0.1, -0.05) is 35.3 Å². The molecule has 2 N–H and O–H groups in total. The topological polar surface area (TPSA) is 41.5 Å². The SMILES string of the molecule is COc1cc(NCc2cccc(Cl)c2O)ccc1Cl. The van der Waals surface area contributed by atoms with Crippen LogP contribution < -0.4 is 10.1 Å². The summed E-state index contributed by atoms with van der Waals surface area (Å²) < 4.78 is 5.14. The van der Waals surface area contributed by atoms with Gasteiger partial charge in [-0.05, 0) is 18.2 Å². The van der Waals surface area contributed by atoms with Crippen molar-refractivity contribution in [2.45, 2.75) is 6.54 Å². The Kier molecular flexibility index (Phi) is 4.40. The van der Waals surface area contributed by atoms with Gasteiger partial charge in [-0.2, -0.15) is 0 Å². The van der Waals surface area contributed by atoms with E-state index in [9.17, 15) is 5.11 Å². The van der Waals surface area contributed by atoms with E-state index in [1.165, 1.54) is 0 Å². The number of hydrogen-bond acceptors (Lipinski definition) is 3. The minimum atomic E-state index is 0.0950. The summed E-state index contributed by atoms with van der Waals surface area (Å²) >= 11 is 11.8. The van der Waals surface area contributed by atoms with Crippen LogP contribution in [0.1, 0.15) is 5.56 Å². The number of hydrogen-bond donors (Lipinski definition) is 2. The maximum atomic E-state index is 9.80. The normalized spacial score (nSPS) is 10.3. The van der Waals surface area contributed by atoms with Gasteiger partial charge in [0.2, 0.25) is 0 Å². The average Bonchev–Trinajstić information content (AvgIpc) is 2.42. The Morgan fingerprint density at radius 2 is 1.95 bits per heavy atom. The van der Waals surface area contributed by atoms with Crippen molar-refractivity contribution in [2.24, 2.45) is 0 Å². The smallest absolute Gasteiger partial charge is 0.139 e. The number of benzene rings is 2. The summed E-state index contributed by atoms with van der Waals surface area (Å²) in [5.41, 5.74) is 1.57. The molecule has 0 spiro atoms. The molecule has 0 fully saturated rings. The molecule has 2 rings (SSSR count). The molecule has 0 bridgehead atoms. The van der Waals surface area contributed by atoms with Gasteiger partial charge < -0.3 is 15.2 Å². The van der Waals surface area contributed by atoms with Gasteiger partial charge in [-0.15, -0.1) is 0 Å². The van der Waals surface area contributed by atoms with E-state index in [0.717, 1.165) is 11.3 Å². The lowest BCUT2D eigenvalue weighted by atomic mass is 10.2. The van der Waals surface area contributed by atoms with Crippen LogP contribution in [0.25, 0.3) is 0 Å². The average molecular weight is 298 g/mol. The van der Waals surface area contributed by atoms with Gasteiger partial charge in [0, 0.05) is 23.9 Å². The highest BCUT2D eigenvalue weighted by molar-refractivity contribution is 6.32. The van der Waals surface area contributed by atoms with Crippen molar-refractivity contribution in [3.8, 4) is 11.5 Å². The monoisotopic (exact) mass is 297 g/mol. The van der Waals surface area contributed by atoms with E-state index in [0.29, 0.717) is 22.3 Å². The predicted octanol–water partition coefficient (Wildman–Crippen LogP) is 4.32. The molecule has 0 unspecified atom stereocenters. The highest BCUT2D eigenvalue weighted by atomic mass is 35.5. The molecule has 0 radical (unpaired) electrons. The standard InChI is InChI=1S/C14H13Cl2NO2/c1-19-13-7-10(5-6-11(13)15)17-8-9-3-2-4-12(16)14(9)18/h2-7,17-18H,8H2,1H3. The first-order valence-corrected chi connectivity index (χ1v) is 6.41. The second-order valence-corrected chi connectivity index (χ2v) is 4.76. The van der Waals surface area contributed by atoms with Gasteiger partial charge in [0.25, 0.3) is 0 Å². The maximum Gasteiger partial charge on any atom is 0.139 e. The van der Waals surface area contributed by atoms with Crippen LogP contribution in [0.15, 0.2) is 36.4 Å². The molecular weight excluding hydrogens is 285 g/mol. The van der Waals surface area contributed by atoms with Crippen molar-refractivity contribution in [3.63, 3.8) is 0 Å². The Labute approximate surface area is 121 Å². The van der Waals surface area contributed by atoms with Gasteiger partial charge in [0.05, 0.1) is 17.2 Å². The van der Waals surface area contributed by atoms with E-state index >= 15 is 0 Å². The van der Waals surface area contributed by atoms with Gasteiger partial charge in [-0.3, -0.25) is 0 Å². The number of nitrogens with one attached hydrogen (secondary N) is 1. The first-order valence-electron chi connectivity index (χ1n) is 5.65. The highest BCUT2D eigenvalue weighted by Gasteiger charge is 2.06. The summed E-state index contributed by atoms with van der Waals surface area (Å²) in [7, 11) is 1.56. The fourth-order valence-electron chi connectivity index (χ4n) is 1.67. The molecule has 0 aliphatic heterocycles. The molecule has 2 aromatic carbocycles. The van der Waals surface area contributed by atoms with Crippen molar-refractivity contribution >= 4 is 28.9 Å². The summed E-state index contributed by atoms with van der Waals surface area (Å²) in [4.78, 5) is 0. The molecule has 2 aromatic rings. The van der Waals surface area contributed by atoms with Gasteiger partial charge in [0.15, 0.2) is 0 Å². The molecule has 100 valence electrons. The van der Waals surface area contributed by atoms with Crippen LogP contribution in [0.2, 0.25) is 10.0 Å². The van der Waals surface area contributed by atoms with Crippen molar-refractivity contribution in [2.75, 3.05) is 12.4 Å². The second-order valence-electron chi connectivity index (χ2n) is 3.95. The first-order chi connectivity index (χ1) is 9.11. The number of aromatic hydroxyl groups is 1. The third-order valence-electron chi connectivity index (χ3n) is 2.70. The second kappa shape index (κ2) is 6.04. The van der Waals surface area contributed by atoms with Crippen LogP contribution in [0.5, 0.6) is 11.5 Å². The molecule has 0 aliphatic rings. The van der Waals surface area contributed by atoms with Gasteiger partial charge in [0.1, 0.15) is 11.5 Å². The molecule has 0 heterocycles. The van der Waals surface area contributed by atoms with Crippen molar-refractivity contribution < 1.29 is 9.84 Å². The number of anilines is 1. The zero-order chi connectivity index (χ0) is 13.8. The number of ether oxygens (including phenoxy) is 1. The van der Waals surface area contributed by atoms with Crippen LogP contribution in [0.3, 0.4) is 0 Å². The first kappa shape index (κ1) is 13.8. The molecule has 0 saturated carbocycles. The minimum absolute atomic E-state index is 0.0950. The van der Waals surface area contributed by atoms with Gasteiger partial charge in [-0.25, -0.2) is 0 Å². The van der Waals surface area contributed by atoms with E-state index < -0.39 is 0 Å². The summed E-state index contributed by atoms with van der Waals surface area (Å²) in [6.07, 6.45) is 0. The van der Waals surface area contributed by atoms with Crippen LogP contribution in [0, 0.1) is 0 Å². The zero-order valence-corrected chi connectivity index (χ0v) is 11.8. The molecule has 0 aromatic heterocycles. The van der Waals surface area contributed by atoms with Gasteiger partial charge >= 0.3 is 0 Å². The molecule has 5 heteroatoms. The van der Waals surface area contributed by atoms with Crippen LogP contribution in [-0.2, 0) is 6.54 Å². The van der Waals surface area contributed by atoms with E-state index in [1.807, 2.05) is 6.07 Å². The number of methoxy groups -OCH3 is 1. The number of phenolic OH excluding ortho intramolecular Hbond substituents is 1. The molecule has 3 nitrogen and oxygen atoms in total. The number of para-hydroxylation sites is 1. The third-order valence-corrected chi connectivity index (χ3v) is 3.32. The summed E-state index contributed by atoms with van der Waals surface area (Å²) in [6, 6.07) is 10.6. The van der Waals surface area contributed by atoms with E-state index in [1.54, 1.807) is 37.4 Å². The molecule has 0 aliphatic carbocycles. The van der Waals surface area contributed by atoms with Crippen molar-refractivity contribution in [3.05, 3.63) is 52.0 Å². The molecule has 19 heavy (non-hydrogen) atoms. The fourth-order valence-corrected chi connectivity index (χ4v) is 2.06. The summed E-state index contributed by atoms with van der Waals surface area (Å²) in [5, 5.41) is 13.9. The highest BCUT2D eigenvalue weighted by Crippen LogP contribution is 2.30. The number of rotatable bonds is 4. The molecule has 0 amide bonds. The van der Waals surface area contributed by atoms with Crippen molar-refractivity contribution in [1.29, 1.82) is 0 Å². The third kappa shape index (κ3) is 3.25. The Morgan fingerprint density at radius 1 is 1.16 bits per heavy atom. The lowest BCUT2D eigenvalue weighted by molar-refractivity contribution is 0.415. The minimum Gasteiger partial charge on any atom is -0.506 e. The van der Waals surface area contributed by atoms with E-state index in [4.69, 9.17) is 27.9 Å². The van der Waals surface area contributed by atoms with Crippen LogP contribution in [0.4, 0.5) is 5.69 Å². The number of phenols is 1. The van der Waals surface area contributed by atoms with Crippen molar-refractivity contribution in [1.82, 2.24) is 0 Å². The molecule has 0 atom stereocenters. The summed E-state index contributed by atoms with van der Waals surface area (Å²) in [5.74, 6) is 0.694.